The summed E-state index contributed by atoms with van der Waals surface area (Å²) in [7, 11) is 0. The van der Waals surface area contributed by atoms with Crippen molar-refractivity contribution in [1.29, 1.82) is 0 Å². The molecule has 0 radical (unpaired) electrons. The van der Waals surface area contributed by atoms with Crippen LogP contribution in [0.1, 0.15) is 19.9 Å². The van der Waals surface area contributed by atoms with Crippen molar-refractivity contribution in [3.8, 4) is 16.3 Å². The van der Waals surface area contributed by atoms with Crippen LogP contribution in [0.15, 0.2) is 30.5 Å². The van der Waals surface area contributed by atoms with Gasteiger partial charge >= 0.3 is 0 Å². The van der Waals surface area contributed by atoms with Crippen LogP contribution in [0.4, 0.5) is 5.82 Å². The van der Waals surface area contributed by atoms with Gasteiger partial charge in [-0.15, -0.1) is 11.3 Å². The number of benzene rings is 1. The molecule has 4 nitrogen and oxygen atoms in total. The standard InChI is InChI=1S/C14H15N3OS/c1-8(2)17-7-10(18)12(13(17)15)14-16-9-5-3-4-6-11(9)19-14/h3-8,18H,15H2,1-2H3. The van der Waals surface area contributed by atoms with Crippen LogP contribution in [0, 0.1) is 0 Å². The van der Waals surface area contributed by atoms with Gasteiger partial charge < -0.3 is 15.4 Å². The van der Waals surface area contributed by atoms with Crippen molar-refractivity contribution < 1.29 is 5.11 Å². The summed E-state index contributed by atoms with van der Waals surface area (Å²) in [5, 5.41) is 10.9. The number of nitrogens with zero attached hydrogens (tertiary/aromatic N) is 2. The van der Waals surface area contributed by atoms with Gasteiger partial charge in [0.1, 0.15) is 16.6 Å². The SMILES string of the molecule is CC(C)n1cc(O)c(-c2nc3ccccc3s2)c1N. The maximum absolute atomic E-state index is 10.1. The van der Waals surface area contributed by atoms with Crippen molar-refractivity contribution in [2.24, 2.45) is 0 Å². The van der Waals surface area contributed by atoms with Gasteiger partial charge in [-0.3, -0.25) is 0 Å². The summed E-state index contributed by atoms with van der Waals surface area (Å²) in [6.45, 7) is 4.05. The van der Waals surface area contributed by atoms with Gasteiger partial charge in [0.25, 0.3) is 0 Å². The number of nitrogens with two attached hydrogens (primary N) is 1. The fraction of sp³-hybridized carbons (Fsp3) is 0.214. The van der Waals surface area contributed by atoms with Gasteiger partial charge in [0, 0.05) is 12.2 Å². The van der Waals surface area contributed by atoms with Gasteiger partial charge in [-0.25, -0.2) is 4.98 Å². The molecule has 0 atom stereocenters. The Hall–Kier alpha value is -2.01. The van der Waals surface area contributed by atoms with Crippen molar-refractivity contribution in [3.63, 3.8) is 0 Å². The third kappa shape index (κ3) is 1.86. The molecule has 0 aliphatic heterocycles. The molecule has 5 heteroatoms. The van der Waals surface area contributed by atoms with Crippen molar-refractivity contribution in [3.05, 3.63) is 30.5 Å². The minimum absolute atomic E-state index is 0.185. The molecule has 3 rings (SSSR count). The van der Waals surface area contributed by atoms with E-state index in [1.807, 2.05) is 42.7 Å². The lowest BCUT2D eigenvalue weighted by molar-refractivity contribution is 0.472. The average Bonchev–Trinajstić information content (AvgIpc) is 2.90. The Morgan fingerprint density at radius 3 is 2.68 bits per heavy atom. The third-order valence-electron chi connectivity index (χ3n) is 3.12. The largest absolute Gasteiger partial charge is 0.506 e. The van der Waals surface area contributed by atoms with E-state index in [-0.39, 0.29) is 11.8 Å². The number of aromatic nitrogens is 2. The number of para-hydroxylation sites is 1. The molecule has 0 fully saturated rings. The zero-order chi connectivity index (χ0) is 13.6. The molecule has 2 aromatic heterocycles. The Balaban J connectivity index is 2.21. The first-order chi connectivity index (χ1) is 9.08. The van der Waals surface area contributed by atoms with Crippen molar-refractivity contribution in [2.75, 3.05) is 5.73 Å². The highest BCUT2D eigenvalue weighted by Gasteiger charge is 2.19. The molecule has 0 saturated heterocycles. The van der Waals surface area contributed by atoms with Crippen molar-refractivity contribution >= 4 is 27.4 Å². The van der Waals surface area contributed by atoms with E-state index >= 15 is 0 Å². The summed E-state index contributed by atoms with van der Waals surface area (Å²) in [5.41, 5.74) is 7.69. The minimum atomic E-state index is 0.185. The van der Waals surface area contributed by atoms with E-state index < -0.39 is 0 Å². The van der Waals surface area contributed by atoms with E-state index in [2.05, 4.69) is 4.98 Å². The Labute approximate surface area is 115 Å². The Morgan fingerprint density at radius 1 is 1.32 bits per heavy atom. The van der Waals surface area contributed by atoms with Crippen LogP contribution >= 0.6 is 11.3 Å². The molecule has 0 bridgehead atoms. The minimum Gasteiger partial charge on any atom is -0.506 e. The molecule has 0 amide bonds. The van der Waals surface area contributed by atoms with Gasteiger partial charge in [-0.05, 0) is 26.0 Å². The first-order valence-electron chi connectivity index (χ1n) is 6.13. The zero-order valence-electron chi connectivity index (χ0n) is 10.8. The Kier molecular flexibility index (Phi) is 2.71. The molecule has 3 aromatic rings. The number of thiazole rings is 1. The highest BCUT2D eigenvalue weighted by Crippen LogP contribution is 2.41. The molecule has 0 aliphatic rings. The predicted molar refractivity (Wildman–Crippen MR) is 79.5 cm³/mol. The Morgan fingerprint density at radius 2 is 2.05 bits per heavy atom. The second-order valence-electron chi connectivity index (χ2n) is 4.76. The predicted octanol–water partition coefficient (Wildman–Crippen LogP) is 3.63. The van der Waals surface area contributed by atoms with E-state index in [9.17, 15) is 5.11 Å². The van der Waals surface area contributed by atoms with E-state index in [1.165, 1.54) is 11.3 Å². The normalized spacial score (nSPS) is 11.5. The highest BCUT2D eigenvalue weighted by atomic mass is 32.1. The molecule has 3 N–H and O–H groups in total. The second kappa shape index (κ2) is 4.28. The van der Waals surface area contributed by atoms with E-state index in [0.717, 1.165) is 15.2 Å². The number of fused-ring (bicyclic) bond motifs is 1. The van der Waals surface area contributed by atoms with Crippen LogP contribution < -0.4 is 5.73 Å². The highest BCUT2D eigenvalue weighted by molar-refractivity contribution is 7.21. The third-order valence-corrected chi connectivity index (χ3v) is 4.17. The van der Waals surface area contributed by atoms with Crippen LogP contribution in [0.2, 0.25) is 0 Å². The summed E-state index contributed by atoms with van der Waals surface area (Å²) in [5.74, 6) is 0.747. The quantitative estimate of drug-likeness (QED) is 0.749. The van der Waals surface area contributed by atoms with Crippen LogP contribution in [-0.4, -0.2) is 14.7 Å². The average molecular weight is 273 g/mol. The van der Waals surface area contributed by atoms with E-state index in [4.69, 9.17) is 5.73 Å². The van der Waals surface area contributed by atoms with Crippen molar-refractivity contribution in [1.82, 2.24) is 9.55 Å². The first kappa shape index (κ1) is 12.0. The molecule has 0 spiro atoms. The van der Waals surface area contributed by atoms with Gasteiger partial charge in [-0.2, -0.15) is 0 Å². The lowest BCUT2D eigenvalue weighted by Crippen LogP contribution is -2.04. The first-order valence-corrected chi connectivity index (χ1v) is 6.94. The molecule has 2 heterocycles. The fourth-order valence-corrected chi connectivity index (χ4v) is 3.18. The van der Waals surface area contributed by atoms with Crippen LogP contribution in [0.25, 0.3) is 20.8 Å². The number of rotatable bonds is 2. The lowest BCUT2D eigenvalue weighted by atomic mass is 10.3. The maximum atomic E-state index is 10.1. The smallest absolute Gasteiger partial charge is 0.145 e. The van der Waals surface area contributed by atoms with Gasteiger partial charge in [-0.1, -0.05) is 12.1 Å². The second-order valence-corrected chi connectivity index (χ2v) is 5.79. The molecule has 0 saturated carbocycles. The topological polar surface area (TPSA) is 64.1 Å². The van der Waals surface area contributed by atoms with Gasteiger partial charge in [0.2, 0.25) is 0 Å². The van der Waals surface area contributed by atoms with Gasteiger partial charge in [0.05, 0.1) is 15.8 Å². The molecule has 1 aromatic carbocycles. The Bertz CT molecular complexity index is 709. The number of nitrogen functional groups attached to an aromatic ring is 1. The summed E-state index contributed by atoms with van der Waals surface area (Å²) in [6, 6.07) is 8.11. The number of anilines is 1. The zero-order valence-corrected chi connectivity index (χ0v) is 11.6. The molecule has 98 valence electrons. The number of hydrogen-bond acceptors (Lipinski definition) is 4. The van der Waals surface area contributed by atoms with Crippen molar-refractivity contribution in [2.45, 2.75) is 19.9 Å². The number of hydrogen-bond donors (Lipinski definition) is 2. The molecule has 19 heavy (non-hydrogen) atoms. The molecular formula is C14H15N3OS. The van der Waals surface area contributed by atoms with Crippen LogP contribution in [0.3, 0.4) is 0 Å². The van der Waals surface area contributed by atoms with Crippen LogP contribution in [0.5, 0.6) is 5.75 Å². The summed E-state index contributed by atoms with van der Waals surface area (Å²) < 4.78 is 2.95. The summed E-state index contributed by atoms with van der Waals surface area (Å²) in [6.07, 6.45) is 1.67. The molecule has 0 aliphatic carbocycles. The van der Waals surface area contributed by atoms with Gasteiger partial charge in [0.15, 0.2) is 0 Å². The van der Waals surface area contributed by atoms with E-state index in [0.29, 0.717) is 11.4 Å². The van der Waals surface area contributed by atoms with Crippen LogP contribution in [-0.2, 0) is 0 Å². The molecule has 0 unspecified atom stereocenters. The summed E-state index contributed by atoms with van der Waals surface area (Å²) >= 11 is 1.54. The maximum Gasteiger partial charge on any atom is 0.145 e. The lowest BCUT2D eigenvalue weighted by Gasteiger charge is -2.09. The molecular weight excluding hydrogens is 258 g/mol. The fourth-order valence-electron chi connectivity index (χ4n) is 2.15. The number of aromatic hydroxyl groups is 1. The monoisotopic (exact) mass is 273 g/mol. The van der Waals surface area contributed by atoms with E-state index in [1.54, 1.807) is 6.20 Å². The summed E-state index contributed by atoms with van der Waals surface area (Å²) in [4.78, 5) is 4.54.